The molecule has 0 bridgehead atoms. The third-order valence-electron chi connectivity index (χ3n) is 2.57. The van der Waals surface area contributed by atoms with Gasteiger partial charge < -0.3 is 11.1 Å². The Morgan fingerprint density at radius 2 is 1.85 bits per heavy atom. The molecule has 0 spiro atoms. The van der Waals surface area contributed by atoms with E-state index in [4.69, 9.17) is 5.73 Å². The summed E-state index contributed by atoms with van der Waals surface area (Å²) in [6, 6.07) is 8.91. The Bertz CT molecular complexity index is 671. The number of amides is 1. The number of hydrogen-bond acceptors (Lipinski definition) is 4. The number of nitrogens with two attached hydrogens (primary N) is 1. The minimum absolute atomic E-state index is 0.341. The van der Waals surface area contributed by atoms with Crippen molar-refractivity contribution in [2.45, 2.75) is 0 Å². The Hall–Kier alpha value is -2.96. The molecule has 0 aliphatic rings. The third kappa shape index (κ3) is 2.89. The van der Waals surface area contributed by atoms with Gasteiger partial charge in [0.25, 0.3) is 11.6 Å². The zero-order valence-electron chi connectivity index (χ0n) is 10.2. The second-order valence-corrected chi connectivity index (χ2v) is 3.99. The molecular weight excluding hydrogens is 265 g/mol. The molecule has 0 radical (unpaired) electrons. The van der Waals surface area contributed by atoms with Crippen LogP contribution in [0.4, 0.5) is 21.5 Å². The summed E-state index contributed by atoms with van der Waals surface area (Å²) in [4.78, 5) is 22.0. The molecule has 2 aromatic rings. The molecule has 2 aromatic carbocycles. The van der Waals surface area contributed by atoms with E-state index in [0.717, 1.165) is 18.2 Å². The monoisotopic (exact) mass is 275 g/mol. The average molecular weight is 275 g/mol. The topological polar surface area (TPSA) is 98.3 Å². The lowest BCUT2D eigenvalue weighted by atomic mass is 10.1. The van der Waals surface area contributed by atoms with E-state index in [0.29, 0.717) is 11.4 Å². The van der Waals surface area contributed by atoms with E-state index in [9.17, 15) is 19.3 Å². The van der Waals surface area contributed by atoms with Gasteiger partial charge in [-0.25, -0.2) is 4.39 Å². The van der Waals surface area contributed by atoms with E-state index < -0.39 is 22.3 Å². The van der Waals surface area contributed by atoms with Gasteiger partial charge in [-0.1, -0.05) is 0 Å². The smallest absolute Gasteiger partial charge is 0.282 e. The largest absolute Gasteiger partial charge is 0.399 e. The standard InChI is InChI=1S/C13H10FN3O3/c14-8-1-6-12(17(19)20)11(7-8)13(18)16-10-4-2-9(15)3-5-10/h1-7H,15H2,(H,16,18). The van der Waals surface area contributed by atoms with Crippen molar-refractivity contribution in [3.63, 3.8) is 0 Å². The second-order valence-electron chi connectivity index (χ2n) is 3.99. The highest BCUT2D eigenvalue weighted by Crippen LogP contribution is 2.21. The minimum Gasteiger partial charge on any atom is -0.399 e. The van der Waals surface area contributed by atoms with Crippen LogP contribution in [0.5, 0.6) is 0 Å². The lowest BCUT2D eigenvalue weighted by molar-refractivity contribution is -0.385. The lowest BCUT2D eigenvalue weighted by Gasteiger charge is -2.06. The summed E-state index contributed by atoms with van der Waals surface area (Å²) in [6.45, 7) is 0. The molecule has 20 heavy (non-hydrogen) atoms. The molecule has 0 heterocycles. The van der Waals surface area contributed by atoms with E-state index in [-0.39, 0.29) is 5.56 Å². The van der Waals surface area contributed by atoms with Gasteiger partial charge in [-0.05, 0) is 36.4 Å². The molecule has 6 nitrogen and oxygen atoms in total. The van der Waals surface area contributed by atoms with Crippen molar-refractivity contribution in [3.8, 4) is 0 Å². The van der Waals surface area contributed by atoms with Gasteiger partial charge in [0.15, 0.2) is 0 Å². The maximum Gasteiger partial charge on any atom is 0.282 e. The van der Waals surface area contributed by atoms with Crippen molar-refractivity contribution in [2.75, 3.05) is 11.1 Å². The summed E-state index contributed by atoms with van der Waals surface area (Å²) in [5, 5.41) is 13.3. The fourth-order valence-corrected chi connectivity index (χ4v) is 1.61. The zero-order valence-corrected chi connectivity index (χ0v) is 10.2. The number of carbonyl (C=O) groups excluding carboxylic acids is 1. The Morgan fingerprint density at radius 1 is 1.20 bits per heavy atom. The maximum absolute atomic E-state index is 13.1. The molecule has 0 unspecified atom stereocenters. The number of nitrogens with zero attached hydrogens (tertiary/aromatic N) is 1. The van der Waals surface area contributed by atoms with Gasteiger partial charge in [0.05, 0.1) is 4.92 Å². The number of nitro benzene ring substituents is 1. The van der Waals surface area contributed by atoms with Crippen LogP contribution in [-0.2, 0) is 0 Å². The molecule has 0 aliphatic heterocycles. The van der Waals surface area contributed by atoms with Crippen LogP contribution < -0.4 is 11.1 Å². The number of hydrogen-bond donors (Lipinski definition) is 2. The number of nitro groups is 1. The minimum atomic E-state index is -0.763. The molecule has 0 saturated carbocycles. The first kappa shape index (κ1) is 13.5. The number of benzene rings is 2. The van der Waals surface area contributed by atoms with E-state index in [1.807, 2.05) is 0 Å². The van der Waals surface area contributed by atoms with E-state index >= 15 is 0 Å². The molecule has 7 heteroatoms. The highest BCUT2D eigenvalue weighted by Gasteiger charge is 2.20. The van der Waals surface area contributed by atoms with Crippen LogP contribution in [0, 0.1) is 15.9 Å². The molecule has 102 valence electrons. The number of carbonyl (C=O) groups is 1. The number of nitrogen functional groups attached to an aromatic ring is 1. The SMILES string of the molecule is Nc1ccc(NC(=O)c2cc(F)ccc2[N+](=O)[O-])cc1. The normalized spacial score (nSPS) is 10.1. The van der Waals surface area contributed by atoms with Crippen molar-refractivity contribution in [2.24, 2.45) is 0 Å². The van der Waals surface area contributed by atoms with E-state index in [2.05, 4.69) is 5.32 Å². The summed E-state index contributed by atoms with van der Waals surface area (Å²) in [6.07, 6.45) is 0. The fourth-order valence-electron chi connectivity index (χ4n) is 1.61. The molecule has 0 fully saturated rings. The quantitative estimate of drug-likeness (QED) is 0.511. The van der Waals surface area contributed by atoms with Crippen molar-refractivity contribution < 1.29 is 14.1 Å². The summed E-state index contributed by atoms with van der Waals surface area (Å²) in [5.41, 5.74) is 5.62. The Labute approximate surface area is 113 Å². The maximum atomic E-state index is 13.1. The van der Waals surface area contributed by atoms with Crippen molar-refractivity contribution in [1.82, 2.24) is 0 Å². The first-order chi connectivity index (χ1) is 9.47. The number of anilines is 2. The highest BCUT2D eigenvalue weighted by molar-refractivity contribution is 6.07. The molecule has 0 saturated heterocycles. The third-order valence-corrected chi connectivity index (χ3v) is 2.57. The van der Waals surface area contributed by atoms with Gasteiger partial charge in [0, 0.05) is 17.4 Å². The predicted molar refractivity (Wildman–Crippen MR) is 71.9 cm³/mol. The number of halogens is 1. The molecule has 0 aliphatic carbocycles. The van der Waals surface area contributed by atoms with Crippen LogP contribution in [0.25, 0.3) is 0 Å². The van der Waals surface area contributed by atoms with E-state index in [1.54, 1.807) is 24.3 Å². The predicted octanol–water partition coefficient (Wildman–Crippen LogP) is 2.57. The van der Waals surface area contributed by atoms with Gasteiger partial charge in [-0.2, -0.15) is 0 Å². The Kier molecular flexibility index (Phi) is 3.60. The van der Waals surface area contributed by atoms with E-state index in [1.165, 1.54) is 0 Å². The van der Waals surface area contributed by atoms with Crippen LogP contribution >= 0.6 is 0 Å². The Morgan fingerprint density at radius 3 is 2.45 bits per heavy atom. The van der Waals surface area contributed by atoms with Gasteiger partial charge in [0.2, 0.25) is 0 Å². The highest BCUT2D eigenvalue weighted by atomic mass is 19.1. The molecule has 1 amide bonds. The van der Waals surface area contributed by atoms with Crippen LogP contribution in [-0.4, -0.2) is 10.8 Å². The fraction of sp³-hybridized carbons (Fsp3) is 0. The van der Waals surface area contributed by atoms with Crippen LogP contribution in [0.2, 0.25) is 0 Å². The molecule has 0 atom stereocenters. The van der Waals surface area contributed by atoms with Crippen LogP contribution in [0.15, 0.2) is 42.5 Å². The first-order valence-corrected chi connectivity index (χ1v) is 5.58. The van der Waals surface area contributed by atoms with Crippen molar-refractivity contribution in [3.05, 3.63) is 64.0 Å². The second kappa shape index (κ2) is 5.35. The summed E-state index contributed by atoms with van der Waals surface area (Å²) in [7, 11) is 0. The molecule has 2 rings (SSSR count). The molecule has 3 N–H and O–H groups in total. The first-order valence-electron chi connectivity index (χ1n) is 5.58. The molecule has 0 aromatic heterocycles. The van der Waals surface area contributed by atoms with Gasteiger partial charge >= 0.3 is 0 Å². The number of nitrogens with one attached hydrogen (secondary N) is 1. The zero-order chi connectivity index (χ0) is 14.7. The van der Waals surface area contributed by atoms with Gasteiger partial charge in [-0.3, -0.25) is 14.9 Å². The Balaban J connectivity index is 2.31. The number of rotatable bonds is 3. The summed E-state index contributed by atoms with van der Waals surface area (Å²) >= 11 is 0. The summed E-state index contributed by atoms with van der Waals surface area (Å²) < 4.78 is 13.1. The van der Waals surface area contributed by atoms with Gasteiger partial charge in [-0.15, -0.1) is 0 Å². The summed E-state index contributed by atoms with van der Waals surface area (Å²) in [5.74, 6) is -1.49. The van der Waals surface area contributed by atoms with Crippen LogP contribution in [0.1, 0.15) is 10.4 Å². The lowest BCUT2D eigenvalue weighted by Crippen LogP contribution is -2.14. The van der Waals surface area contributed by atoms with Gasteiger partial charge in [0.1, 0.15) is 11.4 Å². The average Bonchev–Trinajstić information content (AvgIpc) is 2.41. The molecular formula is C13H10FN3O3. The van der Waals surface area contributed by atoms with Crippen LogP contribution in [0.3, 0.4) is 0 Å². The van der Waals surface area contributed by atoms with Crippen molar-refractivity contribution in [1.29, 1.82) is 0 Å². The van der Waals surface area contributed by atoms with Crippen molar-refractivity contribution >= 4 is 23.0 Å².